The van der Waals surface area contributed by atoms with Crippen molar-refractivity contribution in [2.45, 2.75) is 25.8 Å². The number of benzene rings is 1. The number of methoxy groups -OCH3 is 1. The lowest BCUT2D eigenvalue weighted by Crippen LogP contribution is -2.13. The molecule has 3 nitrogen and oxygen atoms in total. The summed E-state index contributed by atoms with van der Waals surface area (Å²) >= 11 is 7.80. The molecule has 0 spiro atoms. The first-order valence-electron chi connectivity index (χ1n) is 6.08. The maximum Gasteiger partial charge on any atom is 0.125 e. The molecule has 1 heterocycles. The maximum atomic E-state index is 6.29. The smallest absolute Gasteiger partial charge is 0.125 e. The Bertz CT molecular complexity index is 568. The highest BCUT2D eigenvalue weighted by molar-refractivity contribution is 7.09. The first-order valence-corrected chi connectivity index (χ1v) is 7.33. The summed E-state index contributed by atoms with van der Waals surface area (Å²) in [5.74, 6) is 1.09. The Morgan fingerprint density at radius 3 is 2.68 bits per heavy atom. The highest BCUT2D eigenvalue weighted by Gasteiger charge is 2.20. The lowest BCUT2D eigenvalue weighted by Gasteiger charge is -2.15. The molecule has 2 N–H and O–H groups in total. The molecule has 19 heavy (non-hydrogen) atoms. The molecule has 1 aromatic carbocycles. The van der Waals surface area contributed by atoms with Crippen LogP contribution in [0.2, 0.25) is 5.02 Å². The molecule has 0 aliphatic carbocycles. The molecule has 2 aromatic rings. The molecule has 1 unspecified atom stereocenters. The van der Waals surface area contributed by atoms with Crippen molar-refractivity contribution in [1.82, 2.24) is 4.98 Å². The van der Waals surface area contributed by atoms with Crippen LogP contribution in [-0.2, 0) is 0 Å². The molecule has 0 aliphatic heterocycles. The summed E-state index contributed by atoms with van der Waals surface area (Å²) in [5, 5.41) is 3.51. The van der Waals surface area contributed by atoms with E-state index in [9.17, 15) is 0 Å². The topological polar surface area (TPSA) is 48.1 Å². The monoisotopic (exact) mass is 296 g/mol. The first kappa shape index (κ1) is 14.3. The summed E-state index contributed by atoms with van der Waals surface area (Å²) in [4.78, 5) is 4.58. The summed E-state index contributed by atoms with van der Waals surface area (Å²) in [5.41, 5.74) is 8.14. The van der Waals surface area contributed by atoms with Crippen molar-refractivity contribution in [3.05, 3.63) is 44.9 Å². The Kier molecular flexibility index (Phi) is 4.45. The van der Waals surface area contributed by atoms with Gasteiger partial charge in [-0.25, -0.2) is 4.98 Å². The molecular formula is C14H17ClN2OS. The van der Waals surface area contributed by atoms with Crippen LogP contribution < -0.4 is 10.5 Å². The van der Waals surface area contributed by atoms with Gasteiger partial charge in [-0.2, -0.15) is 0 Å². The van der Waals surface area contributed by atoms with Crippen LogP contribution in [0.25, 0.3) is 0 Å². The number of rotatable bonds is 4. The van der Waals surface area contributed by atoms with Gasteiger partial charge in [0.05, 0.1) is 18.8 Å². The lowest BCUT2D eigenvalue weighted by atomic mass is 10.1. The van der Waals surface area contributed by atoms with Gasteiger partial charge in [-0.3, -0.25) is 0 Å². The van der Waals surface area contributed by atoms with Gasteiger partial charge in [-0.15, -0.1) is 11.3 Å². The Balaban J connectivity index is 2.40. The van der Waals surface area contributed by atoms with Crippen molar-refractivity contribution in [3.8, 4) is 5.75 Å². The van der Waals surface area contributed by atoms with Gasteiger partial charge in [-0.05, 0) is 18.1 Å². The number of nitrogens with zero attached hydrogens (tertiary/aromatic N) is 1. The van der Waals surface area contributed by atoms with Gasteiger partial charge in [0.25, 0.3) is 0 Å². The fourth-order valence-corrected chi connectivity index (χ4v) is 3.10. The van der Waals surface area contributed by atoms with Gasteiger partial charge in [0.15, 0.2) is 0 Å². The number of thiazole rings is 1. The van der Waals surface area contributed by atoms with E-state index in [-0.39, 0.29) is 6.04 Å². The molecule has 0 saturated carbocycles. The number of hydrogen-bond acceptors (Lipinski definition) is 4. The van der Waals surface area contributed by atoms with Gasteiger partial charge in [0.2, 0.25) is 0 Å². The van der Waals surface area contributed by atoms with E-state index < -0.39 is 0 Å². The van der Waals surface area contributed by atoms with Crippen molar-refractivity contribution < 1.29 is 4.74 Å². The van der Waals surface area contributed by atoms with Crippen molar-refractivity contribution >= 4 is 22.9 Å². The zero-order chi connectivity index (χ0) is 14.0. The predicted molar refractivity (Wildman–Crippen MR) is 80.2 cm³/mol. The SMILES string of the molecule is COc1cccc(Cl)c1C(N)c1nc(C(C)C)cs1. The van der Waals surface area contributed by atoms with Crippen LogP contribution in [0.15, 0.2) is 23.6 Å². The molecule has 0 fully saturated rings. The Morgan fingerprint density at radius 2 is 2.11 bits per heavy atom. The van der Waals surface area contributed by atoms with Crippen molar-refractivity contribution in [2.75, 3.05) is 7.11 Å². The van der Waals surface area contributed by atoms with Crippen molar-refractivity contribution in [2.24, 2.45) is 5.73 Å². The third kappa shape index (κ3) is 2.91. The normalized spacial score (nSPS) is 12.7. The molecule has 2 rings (SSSR count). The minimum absolute atomic E-state index is 0.360. The summed E-state index contributed by atoms with van der Waals surface area (Å²) in [6.07, 6.45) is 0. The van der Waals surface area contributed by atoms with Gasteiger partial charge in [0, 0.05) is 16.0 Å². The zero-order valence-corrected chi connectivity index (χ0v) is 12.8. The first-order chi connectivity index (χ1) is 9.04. The second-order valence-corrected chi connectivity index (χ2v) is 5.90. The second kappa shape index (κ2) is 5.90. The molecule has 0 amide bonds. The van der Waals surface area contributed by atoms with E-state index in [4.69, 9.17) is 22.1 Å². The predicted octanol–water partition coefficient (Wildman–Crippen LogP) is 3.98. The van der Waals surface area contributed by atoms with E-state index in [0.29, 0.717) is 16.7 Å². The van der Waals surface area contributed by atoms with E-state index in [2.05, 4.69) is 18.8 Å². The number of halogens is 1. The molecule has 0 aliphatic rings. The molecule has 0 radical (unpaired) electrons. The van der Waals surface area contributed by atoms with E-state index in [1.807, 2.05) is 23.6 Å². The van der Waals surface area contributed by atoms with Crippen LogP contribution in [0.4, 0.5) is 0 Å². The Labute approximate surface area is 122 Å². The quantitative estimate of drug-likeness (QED) is 0.928. The Morgan fingerprint density at radius 1 is 1.37 bits per heavy atom. The summed E-state index contributed by atoms with van der Waals surface area (Å²) in [6.45, 7) is 4.22. The average molecular weight is 297 g/mol. The highest BCUT2D eigenvalue weighted by Crippen LogP contribution is 2.35. The van der Waals surface area contributed by atoms with Gasteiger partial charge in [0.1, 0.15) is 10.8 Å². The third-order valence-electron chi connectivity index (χ3n) is 2.94. The third-order valence-corrected chi connectivity index (χ3v) is 4.22. The molecule has 0 saturated heterocycles. The number of aromatic nitrogens is 1. The molecule has 5 heteroatoms. The van der Waals surface area contributed by atoms with Crippen molar-refractivity contribution in [3.63, 3.8) is 0 Å². The number of hydrogen-bond donors (Lipinski definition) is 1. The molecule has 1 atom stereocenters. The fourth-order valence-electron chi connectivity index (χ4n) is 1.83. The maximum absolute atomic E-state index is 6.29. The summed E-state index contributed by atoms with van der Waals surface area (Å²) < 4.78 is 5.34. The van der Waals surface area contributed by atoms with E-state index in [1.54, 1.807) is 18.4 Å². The van der Waals surface area contributed by atoms with Crippen LogP contribution in [0.3, 0.4) is 0 Å². The largest absolute Gasteiger partial charge is 0.496 e. The Hall–Kier alpha value is -1.10. The van der Waals surface area contributed by atoms with Crippen LogP contribution in [-0.4, -0.2) is 12.1 Å². The minimum atomic E-state index is -0.360. The standard InChI is InChI=1S/C14H17ClN2OS/c1-8(2)10-7-19-14(17-10)13(16)12-9(15)5-4-6-11(12)18-3/h4-8,13H,16H2,1-3H3. The summed E-state index contributed by atoms with van der Waals surface area (Å²) in [6, 6.07) is 5.16. The molecule has 1 aromatic heterocycles. The van der Waals surface area contributed by atoms with E-state index in [0.717, 1.165) is 16.3 Å². The van der Waals surface area contributed by atoms with E-state index >= 15 is 0 Å². The fraction of sp³-hybridized carbons (Fsp3) is 0.357. The highest BCUT2D eigenvalue weighted by atomic mass is 35.5. The summed E-state index contributed by atoms with van der Waals surface area (Å²) in [7, 11) is 1.61. The van der Waals surface area contributed by atoms with Crippen molar-refractivity contribution in [1.29, 1.82) is 0 Å². The van der Waals surface area contributed by atoms with Crippen LogP contribution in [0.1, 0.15) is 42.1 Å². The second-order valence-electron chi connectivity index (χ2n) is 4.60. The number of nitrogens with two attached hydrogens (primary N) is 1. The van der Waals surface area contributed by atoms with Gasteiger partial charge in [-0.1, -0.05) is 31.5 Å². The minimum Gasteiger partial charge on any atom is -0.496 e. The van der Waals surface area contributed by atoms with Crippen LogP contribution >= 0.6 is 22.9 Å². The molecule has 0 bridgehead atoms. The number of ether oxygens (including phenoxy) is 1. The van der Waals surface area contributed by atoms with Gasteiger partial charge >= 0.3 is 0 Å². The molecule has 102 valence electrons. The van der Waals surface area contributed by atoms with Crippen LogP contribution in [0, 0.1) is 0 Å². The van der Waals surface area contributed by atoms with Gasteiger partial charge < -0.3 is 10.5 Å². The molecular weight excluding hydrogens is 280 g/mol. The lowest BCUT2D eigenvalue weighted by molar-refractivity contribution is 0.408. The zero-order valence-electron chi connectivity index (χ0n) is 11.2. The van der Waals surface area contributed by atoms with E-state index in [1.165, 1.54) is 0 Å². The van der Waals surface area contributed by atoms with Crippen LogP contribution in [0.5, 0.6) is 5.75 Å². The average Bonchev–Trinajstić information content (AvgIpc) is 2.87.